The highest BCUT2D eigenvalue weighted by Crippen LogP contribution is 2.27. The van der Waals surface area contributed by atoms with E-state index in [1.807, 2.05) is 0 Å². The lowest BCUT2D eigenvalue weighted by molar-refractivity contribution is -0.119. The van der Waals surface area contributed by atoms with Gasteiger partial charge < -0.3 is 5.32 Å². The normalized spacial score (nSPS) is 21.1. The first-order chi connectivity index (χ1) is 6.18. The van der Waals surface area contributed by atoms with E-state index in [1.165, 1.54) is 38.5 Å². The third-order valence-corrected chi connectivity index (χ3v) is 2.86. The highest BCUT2D eigenvalue weighted by molar-refractivity contribution is 5.73. The minimum atomic E-state index is 0.100. The fraction of sp³-hybridized carbons (Fsp3) is 0.909. The highest BCUT2D eigenvalue weighted by Gasteiger charge is 2.16. The van der Waals surface area contributed by atoms with Crippen LogP contribution in [0.2, 0.25) is 0 Å². The van der Waals surface area contributed by atoms with Crippen LogP contribution in [0.15, 0.2) is 0 Å². The average Bonchev–Trinajstić information content (AvgIpc) is 2.04. The molecule has 1 rings (SSSR count). The fourth-order valence-electron chi connectivity index (χ4n) is 2.33. The number of carbonyl (C=O) groups is 1. The van der Waals surface area contributed by atoms with E-state index in [4.69, 9.17) is 0 Å². The van der Waals surface area contributed by atoms with Gasteiger partial charge in [0.05, 0.1) is 0 Å². The van der Waals surface area contributed by atoms with Gasteiger partial charge in [-0.15, -0.1) is 0 Å². The van der Waals surface area contributed by atoms with Crippen molar-refractivity contribution in [2.24, 2.45) is 5.92 Å². The van der Waals surface area contributed by atoms with Crippen molar-refractivity contribution >= 4 is 5.91 Å². The second-order valence-corrected chi connectivity index (χ2v) is 4.34. The average molecular weight is 183 g/mol. The van der Waals surface area contributed by atoms with E-state index >= 15 is 0 Å². The summed E-state index contributed by atoms with van der Waals surface area (Å²) < 4.78 is 0. The van der Waals surface area contributed by atoms with Gasteiger partial charge in [-0.2, -0.15) is 0 Å². The first kappa shape index (κ1) is 10.6. The molecule has 2 nitrogen and oxygen atoms in total. The van der Waals surface area contributed by atoms with Crippen LogP contribution in [-0.4, -0.2) is 11.9 Å². The van der Waals surface area contributed by atoms with Crippen molar-refractivity contribution in [3.8, 4) is 0 Å². The Hall–Kier alpha value is -0.530. The number of carbonyl (C=O) groups excluding carboxylic acids is 1. The number of hydrogen-bond acceptors (Lipinski definition) is 1. The van der Waals surface area contributed by atoms with Gasteiger partial charge in [0, 0.05) is 13.0 Å². The number of rotatable bonds is 3. The Labute approximate surface area is 81.1 Å². The van der Waals surface area contributed by atoms with Crippen LogP contribution in [0.3, 0.4) is 0 Å². The Kier molecular flexibility index (Phi) is 4.26. The molecule has 0 aromatic carbocycles. The monoisotopic (exact) mass is 183 g/mol. The van der Waals surface area contributed by atoms with E-state index in [2.05, 4.69) is 12.2 Å². The lowest BCUT2D eigenvalue weighted by Crippen LogP contribution is -2.32. The van der Waals surface area contributed by atoms with E-state index in [0.29, 0.717) is 6.04 Å². The zero-order chi connectivity index (χ0) is 9.68. The summed E-state index contributed by atoms with van der Waals surface area (Å²) in [6.45, 7) is 3.70. The summed E-state index contributed by atoms with van der Waals surface area (Å²) >= 11 is 0. The minimum Gasteiger partial charge on any atom is -0.354 e. The van der Waals surface area contributed by atoms with Crippen LogP contribution in [0.25, 0.3) is 0 Å². The molecule has 0 aromatic heterocycles. The van der Waals surface area contributed by atoms with Gasteiger partial charge in [0.2, 0.25) is 5.91 Å². The first-order valence-corrected chi connectivity index (χ1v) is 5.45. The molecule has 0 aromatic rings. The van der Waals surface area contributed by atoms with Crippen LogP contribution >= 0.6 is 0 Å². The Morgan fingerprint density at radius 3 is 2.54 bits per heavy atom. The van der Waals surface area contributed by atoms with Crippen LogP contribution in [0, 0.1) is 5.92 Å². The fourth-order valence-corrected chi connectivity index (χ4v) is 2.33. The summed E-state index contributed by atoms with van der Waals surface area (Å²) in [6, 6.07) is 0.362. The van der Waals surface area contributed by atoms with E-state index in [-0.39, 0.29) is 5.91 Å². The van der Waals surface area contributed by atoms with Gasteiger partial charge in [-0.1, -0.05) is 32.1 Å². The molecule has 0 radical (unpaired) electrons. The molecule has 1 amide bonds. The molecule has 0 aliphatic heterocycles. The van der Waals surface area contributed by atoms with Gasteiger partial charge in [0.25, 0.3) is 0 Å². The highest BCUT2D eigenvalue weighted by atomic mass is 16.1. The molecule has 0 heterocycles. The van der Waals surface area contributed by atoms with Crippen LogP contribution in [0.5, 0.6) is 0 Å². The molecule has 13 heavy (non-hydrogen) atoms. The SMILES string of the molecule is CC(=O)NC(C)CC1CCCCC1. The Morgan fingerprint density at radius 2 is 2.00 bits per heavy atom. The Balaban J connectivity index is 2.18. The molecular formula is C11H21NO. The molecular weight excluding hydrogens is 162 g/mol. The summed E-state index contributed by atoms with van der Waals surface area (Å²) in [7, 11) is 0. The molecule has 1 fully saturated rings. The third kappa shape index (κ3) is 4.30. The van der Waals surface area contributed by atoms with Crippen molar-refractivity contribution < 1.29 is 4.79 Å². The third-order valence-electron chi connectivity index (χ3n) is 2.86. The number of hydrogen-bond donors (Lipinski definition) is 1. The minimum absolute atomic E-state index is 0.100. The largest absolute Gasteiger partial charge is 0.354 e. The molecule has 76 valence electrons. The van der Waals surface area contributed by atoms with Gasteiger partial charge in [-0.05, 0) is 19.3 Å². The molecule has 1 saturated carbocycles. The Bertz CT molecular complexity index is 161. The molecule has 1 aliphatic carbocycles. The maximum absolute atomic E-state index is 10.8. The zero-order valence-corrected chi connectivity index (χ0v) is 8.81. The number of nitrogens with one attached hydrogen (secondary N) is 1. The lowest BCUT2D eigenvalue weighted by atomic mass is 9.85. The van der Waals surface area contributed by atoms with Gasteiger partial charge in [-0.3, -0.25) is 4.79 Å². The van der Waals surface area contributed by atoms with E-state index in [1.54, 1.807) is 6.92 Å². The predicted octanol–water partition coefficient (Wildman–Crippen LogP) is 2.48. The van der Waals surface area contributed by atoms with Gasteiger partial charge >= 0.3 is 0 Å². The maximum Gasteiger partial charge on any atom is 0.217 e. The van der Waals surface area contributed by atoms with Crippen LogP contribution in [-0.2, 0) is 4.79 Å². The molecule has 2 heteroatoms. The van der Waals surface area contributed by atoms with Crippen LogP contribution < -0.4 is 5.32 Å². The summed E-state index contributed by atoms with van der Waals surface area (Å²) in [5.74, 6) is 0.957. The first-order valence-electron chi connectivity index (χ1n) is 5.45. The van der Waals surface area contributed by atoms with Gasteiger partial charge in [-0.25, -0.2) is 0 Å². The molecule has 1 N–H and O–H groups in total. The molecule has 0 spiro atoms. The van der Waals surface area contributed by atoms with Crippen LogP contribution in [0.4, 0.5) is 0 Å². The molecule has 1 aliphatic rings. The number of amides is 1. The molecule has 0 saturated heterocycles. The van der Waals surface area contributed by atoms with Crippen molar-refractivity contribution in [2.45, 2.75) is 58.4 Å². The van der Waals surface area contributed by atoms with Crippen molar-refractivity contribution in [1.29, 1.82) is 0 Å². The quantitative estimate of drug-likeness (QED) is 0.715. The second kappa shape index (κ2) is 5.25. The van der Waals surface area contributed by atoms with Crippen molar-refractivity contribution in [2.75, 3.05) is 0 Å². The molecule has 1 atom stereocenters. The summed E-state index contributed by atoms with van der Waals surface area (Å²) in [4.78, 5) is 10.8. The topological polar surface area (TPSA) is 29.1 Å². The summed E-state index contributed by atoms with van der Waals surface area (Å²) in [5, 5.41) is 2.95. The van der Waals surface area contributed by atoms with Crippen molar-refractivity contribution in [3.05, 3.63) is 0 Å². The standard InChI is InChI=1S/C11H21NO/c1-9(12-10(2)13)8-11-6-4-3-5-7-11/h9,11H,3-8H2,1-2H3,(H,12,13). The van der Waals surface area contributed by atoms with Crippen molar-refractivity contribution in [1.82, 2.24) is 5.32 Å². The predicted molar refractivity (Wildman–Crippen MR) is 54.5 cm³/mol. The van der Waals surface area contributed by atoms with E-state index in [0.717, 1.165) is 5.92 Å². The van der Waals surface area contributed by atoms with Gasteiger partial charge in [0.1, 0.15) is 0 Å². The lowest BCUT2D eigenvalue weighted by Gasteiger charge is -2.24. The summed E-state index contributed by atoms with van der Waals surface area (Å²) in [5.41, 5.74) is 0. The molecule has 1 unspecified atom stereocenters. The smallest absolute Gasteiger partial charge is 0.217 e. The maximum atomic E-state index is 10.8. The van der Waals surface area contributed by atoms with Gasteiger partial charge in [0.15, 0.2) is 0 Å². The van der Waals surface area contributed by atoms with Crippen molar-refractivity contribution in [3.63, 3.8) is 0 Å². The summed E-state index contributed by atoms with van der Waals surface area (Å²) in [6.07, 6.45) is 8.08. The zero-order valence-electron chi connectivity index (χ0n) is 8.81. The molecule has 0 bridgehead atoms. The van der Waals surface area contributed by atoms with E-state index in [9.17, 15) is 4.79 Å². The van der Waals surface area contributed by atoms with E-state index < -0.39 is 0 Å². The van der Waals surface area contributed by atoms with Crippen LogP contribution in [0.1, 0.15) is 52.4 Å². The second-order valence-electron chi connectivity index (χ2n) is 4.34. The Morgan fingerprint density at radius 1 is 1.38 bits per heavy atom.